The second-order valence-corrected chi connectivity index (χ2v) is 6.81. The quantitative estimate of drug-likeness (QED) is 0.681. The van der Waals surface area contributed by atoms with Crippen LogP contribution in [0.3, 0.4) is 0 Å². The van der Waals surface area contributed by atoms with Gasteiger partial charge in [0.2, 0.25) is 0 Å². The third kappa shape index (κ3) is 5.00. The first kappa shape index (κ1) is 23.4. The van der Waals surface area contributed by atoms with Crippen molar-refractivity contribution in [2.24, 2.45) is 0 Å². The molecule has 1 N–H and O–H groups in total. The van der Waals surface area contributed by atoms with Crippen LogP contribution in [0.1, 0.15) is 33.3 Å². The number of halogens is 1. The lowest BCUT2D eigenvalue weighted by molar-refractivity contribution is -0.122. The third-order valence-electron chi connectivity index (χ3n) is 4.12. The van der Waals surface area contributed by atoms with Crippen molar-refractivity contribution in [3.63, 3.8) is 0 Å². The van der Waals surface area contributed by atoms with Crippen LogP contribution in [0.2, 0.25) is 5.02 Å². The number of thiocarbonyl (C=S) groups is 1. The maximum absolute atomic E-state index is 13.1. The first-order valence-corrected chi connectivity index (χ1v) is 9.58. The summed E-state index contributed by atoms with van der Waals surface area (Å²) in [6.07, 6.45) is 0. The monoisotopic (exact) mass is 417 g/mol. The van der Waals surface area contributed by atoms with Gasteiger partial charge in [-0.2, -0.15) is 5.26 Å². The SMILES string of the molecule is CC.CN(C(=O)C(C)(C)N(C=S)c1ccc(O)cc1)c1ccc(C#N)c(Cl)c1. The van der Waals surface area contributed by atoms with E-state index in [0.717, 1.165) is 0 Å². The molecule has 1 amide bonds. The molecular formula is C21H24ClN3O2S. The van der Waals surface area contributed by atoms with E-state index in [-0.39, 0.29) is 16.7 Å². The van der Waals surface area contributed by atoms with Gasteiger partial charge in [0, 0.05) is 18.4 Å². The van der Waals surface area contributed by atoms with Crippen molar-refractivity contribution < 1.29 is 9.90 Å². The number of carbonyl (C=O) groups is 1. The van der Waals surface area contributed by atoms with Crippen LogP contribution in [0.5, 0.6) is 5.75 Å². The summed E-state index contributed by atoms with van der Waals surface area (Å²) in [6.45, 7) is 7.51. The zero-order chi connectivity index (χ0) is 21.5. The number of rotatable bonds is 5. The smallest absolute Gasteiger partial charge is 0.252 e. The summed E-state index contributed by atoms with van der Waals surface area (Å²) in [7, 11) is 1.64. The number of benzene rings is 2. The molecule has 0 radical (unpaired) electrons. The minimum absolute atomic E-state index is 0.131. The van der Waals surface area contributed by atoms with Gasteiger partial charge in [-0.25, -0.2) is 0 Å². The molecule has 0 unspecified atom stereocenters. The van der Waals surface area contributed by atoms with Gasteiger partial charge < -0.3 is 14.9 Å². The Kier molecular flexibility index (Phi) is 8.42. The van der Waals surface area contributed by atoms with E-state index in [4.69, 9.17) is 29.1 Å². The van der Waals surface area contributed by atoms with Crippen molar-refractivity contribution >= 4 is 46.6 Å². The van der Waals surface area contributed by atoms with Crippen LogP contribution in [-0.4, -0.2) is 29.1 Å². The van der Waals surface area contributed by atoms with Gasteiger partial charge in [-0.1, -0.05) is 37.7 Å². The largest absolute Gasteiger partial charge is 0.508 e. The molecular weight excluding hydrogens is 394 g/mol. The Bertz CT molecular complexity index is 876. The minimum atomic E-state index is -0.992. The molecule has 2 aromatic carbocycles. The Morgan fingerprint density at radius 2 is 1.71 bits per heavy atom. The molecule has 0 atom stereocenters. The molecule has 2 rings (SSSR count). The van der Waals surface area contributed by atoms with Gasteiger partial charge >= 0.3 is 0 Å². The maximum Gasteiger partial charge on any atom is 0.252 e. The van der Waals surface area contributed by atoms with Gasteiger partial charge in [0.15, 0.2) is 0 Å². The summed E-state index contributed by atoms with van der Waals surface area (Å²) in [4.78, 5) is 16.3. The second kappa shape index (κ2) is 10.1. The lowest BCUT2D eigenvalue weighted by Crippen LogP contribution is -2.55. The summed E-state index contributed by atoms with van der Waals surface area (Å²) in [6, 6.07) is 13.3. The second-order valence-electron chi connectivity index (χ2n) is 6.19. The van der Waals surface area contributed by atoms with E-state index in [0.29, 0.717) is 16.9 Å². The first-order chi connectivity index (χ1) is 13.2. The van der Waals surface area contributed by atoms with Gasteiger partial charge in [0.1, 0.15) is 17.4 Å². The Hall–Kier alpha value is -2.62. The topological polar surface area (TPSA) is 67.6 Å². The summed E-state index contributed by atoms with van der Waals surface area (Å²) in [5, 5.41) is 18.7. The molecule has 2 aromatic rings. The van der Waals surface area contributed by atoms with E-state index in [2.05, 4.69) is 0 Å². The van der Waals surface area contributed by atoms with Gasteiger partial charge in [-0.15, -0.1) is 0 Å². The van der Waals surface area contributed by atoms with Crippen LogP contribution in [0.4, 0.5) is 11.4 Å². The van der Waals surface area contributed by atoms with E-state index in [1.165, 1.54) is 22.5 Å². The van der Waals surface area contributed by atoms with Crippen LogP contribution in [-0.2, 0) is 4.79 Å². The average Bonchev–Trinajstić information content (AvgIpc) is 2.70. The third-order valence-corrected chi connectivity index (χ3v) is 4.65. The van der Waals surface area contributed by atoms with Crippen molar-refractivity contribution in [2.75, 3.05) is 16.8 Å². The molecule has 0 aliphatic heterocycles. The summed E-state index contributed by atoms with van der Waals surface area (Å²) >= 11 is 11.2. The fourth-order valence-corrected chi connectivity index (χ4v) is 3.16. The van der Waals surface area contributed by atoms with Crippen LogP contribution in [0.15, 0.2) is 42.5 Å². The summed E-state index contributed by atoms with van der Waals surface area (Å²) in [5.41, 5.74) is 2.02. The van der Waals surface area contributed by atoms with E-state index in [1.807, 2.05) is 19.9 Å². The number of amides is 1. The lowest BCUT2D eigenvalue weighted by atomic mass is 9.99. The van der Waals surface area contributed by atoms with Crippen molar-refractivity contribution in [2.45, 2.75) is 33.2 Å². The first-order valence-electron chi connectivity index (χ1n) is 8.74. The molecule has 7 heteroatoms. The normalized spacial score (nSPS) is 10.2. The number of aromatic hydroxyl groups is 1. The molecule has 0 spiro atoms. The zero-order valence-electron chi connectivity index (χ0n) is 16.6. The number of hydrogen-bond donors (Lipinski definition) is 1. The molecule has 0 saturated heterocycles. The van der Waals surface area contributed by atoms with Crippen LogP contribution in [0.25, 0.3) is 0 Å². The molecule has 0 bridgehead atoms. The highest BCUT2D eigenvalue weighted by Crippen LogP contribution is 2.29. The molecule has 0 aromatic heterocycles. The average molecular weight is 418 g/mol. The standard InChI is InChI=1S/C19H18ClN3O2S.C2H6/c1-19(2,23(12-26)14-6-8-16(24)9-7-14)18(25)22(3)15-5-4-13(11-21)17(20)10-15;1-2/h4-10,12,24H,1-3H3;1-2H3. The van der Waals surface area contributed by atoms with Gasteiger partial charge in [-0.3, -0.25) is 4.79 Å². The Labute approximate surface area is 176 Å². The highest BCUT2D eigenvalue weighted by atomic mass is 35.5. The summed E-state index contributed by atoms with van der Waals surface area (Å²) < 4.78 is 0. The van der Waals surface area contributed by atoms with Crippen molar-refractivity contribution in [1.29, 1.82) is 5.26 Å². The Morgan fingerprint density at radius 1 is 1.18 bits per heavy atom. The van der Waals surface area contributed by atoms with E-state index >= 15 is 0 Å². The highest BCUT2D eigenvalue weighted by Gasteiger charge is 2.37. The predicted octanol–water partition coefficient (Wildman–Crippen LogP) is 5.15. The van der Waals surface area contributed by atoms with Crippen LogP contribution >= 0.6 is 23.8 Å². The fraction of sp³-hybridized carbons (Fsp3) is 0.286. The number of phenolic OH excluding ortho intramolecular Hbond substituents is 1. The zero-order valence-corrected chi connectivity index (χ0v) is 18.2. The summed E-state index contributed by atoms with van der Waals surface area (Å²) in [5.74, 6) is -0.0843. The van der Waals surface area contributed by atoms with E-state index < -0.39 is 5.54 Å². The Morgan fingerprint density at radius 3 is 2.18 bits per heavy atom. The molecule has 0 saturated carbocycles. The molecule has 0 aliphatic carbocycles. The highest BCUT2D eigenvalue weighted by molar-refractivity contribution is 7.79. The predicted molar refractivity (Wildman–Crippen MR) is 119 cm³/mol. The van der Waals surface area contributed by atoms with Crippen molar-refractivity contribution in [3.8, 4) is 11.8 Å². The number of hydrogen-bond acceptors (Lipinski definition) is 4. The van der Waals surface area contributed by atoms with Gasteiger partial charge in [0.25, 0.3) is 5.91 Å². The van der Waals surface area contributed by atoms with Crippen LogP contribution in [0, 0.1) is 11.3 Å². The minimum Gasteiger partial charge on any atom is -0.508 e. The Balaban J connectivity index is 0.00000190. The van der Waals surface area contributed by atoms with Crippen molar-refractivity contribution in [3.05, 3.63) is 53.1 Å². The molecule has 0 heterocycles. The number of nitrogens with zero attached hydrogens (tertiary/aromatic N) is 3. The molecule has 5 nitrogen and oxygen atoms in total. The molecule has 0 aliphatic rings. The van der Waals surface area contributed by atoms with E-state index in [1.54, 1.807) is 56.1 Å². The van der Waals surface area contributed by atoms with Gasteiger partial charge in [0.05, 0.1) is 16.1 Å². The van der Waals surface area contributed by atoms with Crippen LogP contribution < -0.4 is 9.80 Å². The molecule has 148 valence electrons. The number of phenols is 1. The molecule has 0 fully saturated rings. The number of carbonyl (C=O) groups excluding carboxylic acids is 1. The maximum atomic E-state index is 13.1. The van der Waals surface area contributed by atoms with E-state index in [9.17, 15) is 9.90 Å². The lowest BCUT2D eigenvalue weighted by Gasteiger charge is -2.38. The van der Waals surface area contributed by atoms with Gasteiger partial charge in [-0.05, 0) is 56.3 Å². The molecule has 28 heavy (non-hydrogen) atoms. The van der Waals surface area contributed by atoms with Crippen molar-refractivity contribution in [1.82, 2.24) is 0 Å². The number of anilines is 2. The number of likely N-dealkylation sites (N-methyl/N-ethyl adjacent to an activating group) is 1. The fourth-order valence-electron chi connectivity index (χ4n) is 2.56. The number of nitriles is 1.